The molecule has 3 atom stereocenters. The summed E-state index contributed by atoms with van der Waals surface area (Å²) in [6, 6.07) is 2.87. The number of imidazole rings is 1. The minimum atomic E-state index is -0.917. The number of nitrogens with zero attached hydrogens (tertiary/aromatic N) is 5. The number of halogens is 3. The van der Waals surface area contributed by atoms with Gasteiger partial charge in [-0.25, -0.2) is 23.7 Å². The molecule has 1 aromatic carbocycles. The molecule has 2 aromatic heterocycles. The van der Waals surface area contributed by atoms with E-state index in [0.717, 1.165) is 6.42 Å². The van der Waals surface area contributed by atoms with Gasteiger partial charge in [-0.3, -0.25) is 0 Å². The first-order valence-electron chi connectivity index (χ1n) is 12.0. The third-order valence-corrected chi connectivity index (χ3v) is 6.83. The number of aliphatic hydroxyl groups excluding tert-OH is 1. The number of aromatic nitrogens is 4. The summed E-state index contributed by atoms with van der Waals surface area (Å²) >= 11 is 6.44. The number of nitrogens with one attached hydrogen (secondary N) is 1. The monoisotopic (exact) mass is 506 g/mol. The largest absolute Gasteiger partial charge is 0.389 e. The molecule has 0 saturated carbocycles. The summed E-state index contributed by atoms with van der Waals surface area (Å²) in [6.07, 6.45) is 1.80. The van der Waals surface area contributed by atoms with E-state index in [2.05, 4.69) is 20.3 Å². The lowest BCUT2D eigenvalue weighted by Gasteiger charge is -2.21. The summed E-state index contributed by atoms with van der Waals surface area (Å²) in [5, 5.41) is 13.8. The van der Waals surface area contributed by atoms with Crippen molar-refractivity contribution in [3.63, 3.8) is 0 Å². The van der Waals surface area contributed by atoms with Gasteiger partial charge in [0.15, 0.2) is 5.82 Å². The Morgan fingerprint density at radius 3 is 2.83 bits per heavy atom. The number of benzene rings is 1. The van der Waals surface area contributed by atoms with Crippen LogP contribution in [0.1, 0.15) is 39.2 Å². The lowest BCUT2D eigenvalue weighted by molar-refractivity contribution is 0.0464. The van der Waals surface area contributed by atoms with Gasteiger partial charge in [-0.15, -0.1) is 0 Å². The number of rotatable bonds is 5. The summed E-state index contributed by atoms with van der Waals surface area (Å²) in [4.78, 5) is 15.2. The Kier molecular flexibility index (Phi) is 6.78. The van der Waals surface area contributed by atoms with Gasteiger partial charge in [0.2, 0.25) is 11.9 Å². The summed E-state index contributed by atoms with van der Waals surface area (Å²) in [7, 11) is 0. The zero-order valence-corrected chi connectivity index (χ0v) is 20.5. The summed E-state index contributed by atoms with van der Waals surface area (Å²) in [5.41, 5.74) is 1.67. The molecular weight excluding hydrogens is 478 g/mol. The smallest absolute Gasteiger partial charge is 0.223 e. The van der Waals surface area contributed by atoms with Crippen molar-refractivity contribution in [2.75, 3.05) is 36.5 Å². The van der Waals surface area contributed by atoms with Crippen molar-refractivity contribution in [2.45, 2.75) is 57.5 Å². The molecule has 11 heteroatoms. The molecule has 0 amide bonds. The highest BCUT2D eigenvalue weighted by Crippen LogP contribution is 2.35. The van der Waals surface area contributed by atoms with Crippen LogP contribution in [0.3, 0.4) is 0 Å². The van der Waals surface area contributed by atoms with Crippen LogP contribution in [0, 0.1) is 5.82 Å². The van der Waals surface area contributed by atoms with Gasteiger partial charge in [0.1, 0.15) is 11.7 Å². The van der Waals surface area contributed by atoms with Crippen molar-refractivity contribution >= 4 is 34.5 Å². The maximum Gasteiger partial charge on any atom is 0.223 e. The average Bonchev–Trinajstić information content (AvgIpc) is 3.36. The Morgan fingerprint density at radius 1 is 1.26 bits per heavy atom. The molecule has 2 saturated heterocycles. The molecule has 1 unspecified atom stereocenters. The molecule has 188 valence electrons. The van der Waals surface area contributed by atoms with E-state index in [0.29, 0.717) is 54.7 Å². The molecule has 2 fully saturated rings. The van der Waals surface area contributed by atoms with Gasteiger partial charge in [0.05, 0.1) is 47.7 Å². The first-order valence-corrected chi connectivity index (χ1v) is 12.4. The molecule has 35 heavy (non-hydrogen) atoms. The number of fused-ring (bicyclic) bond motifs is 1. The van der Waals surface area contributed by atoms with Crippen LogP contribution in [-0.2, 0) is 4.74 Å². The third kappa shape index (κ3) is 4.79. The molecule has 0 bridgehead atoms. The van der Waals surface area contributed by atoms with Crippen LogP contribution in [0.2, 0.25) is 5.02 Å². The maximum absolute atomic E-state index is 15.3. The van der Waals surface area contributed by atoms with Crippen LogP contribution in [0.25, 0.3) is 22.3 Å². The van der Waals surface area contributed by atoms with E-state index in [9.17, 15) is 9.50 Å². The maximum atomic E-state index is 15.3. The van der Waals surface area contributed by atoms with Gasteiger partial charge >= 0.3 is 0 Å². The standard InChI is InChI=1S/C24H29ClF2N6O2/c1-13(2)33-19-9-14(8-17(27)22(19)31-24(33)32-6-5-15(26)11-32)21-16(25)10-28-23(30-21)29-18-4-3-7-35-12-20(18)34/h8-10,13,15,18,20,34H,3-7,11-12H2,1-2H3,(H,28,29,30)/t15-,18?,20-/m1/s1. The third-order valence-electron chi connectivity index (χ3n) is 6.55. The summed E-state index contributed by atoms with van der Waals surface area (Å²) in [5.74, 6) is 0.349. The molecule has 3 aromatic rings. The van der Waals surface area contributed by atoms with E-state index in [1.165, 1.54) is 12.3 Å². The van der Waals surface area contributed by atoms with Gasteiger partial charge in [-0.2, -0.15) is 0 Å². The predicted octanol–water partition coefficient (Wildman–Crippen LogP) is 4.37. The zero-order chi connectivity index (χ0) is 24.7. The number of aliphatic hydroxyl groups is 1. The highest BCUT2D eigenvalue weighted by molar-refractivity contribution is 6.33. The molecule has 4 heterocycles. The minimum absolute atomic E-state index is 0.0275. The second-order valence-corrected chi connectivity index (χ2v) is 9.87. The highest BCUT2D eigenvalue weighted by atomic mass is 35.5. The molecule has 2 aliphatic heterocycles. The van der Waals surface area contributed by atoms with Crippen molar-refractivity contribution in [3.8, 4) is 11.3 Å². The average molecular weight is 507 g/mol. The van der Waals surface area contributed by atoms with E-state index in [1.54, 1.807) is 0 Å². The van der Waals surface area contributed by atoms with E-state index in [4.69, 9.17) is 16.3 Å². The lowest BCUT2D eigenvalue weighted by Crippen LogP contribution is -2.35. The molecule has 2 aliphatic rings. The van der Waals surface area contributed by atoms with Crippen LogP contribution in [0.15, 0.2) is 18.3 Å². The topological polar surface area (TPSA) is 88.3 Å². The van der Waals surface area contributed by atoms with Gasteiger partial charge in [-0.1, -0.05) is 11.6 Å². The van der Waals surface area contributed by atoms with E-state index < -0.39 is 18.1 Å². The molecule has 5 rings (SSSR count). The molecule has 0 radical (unpaired) electrons. The second-order valence-electron chi connectivity index (χ2n) is 9.46. The molecular formula is C24H29ClF2N6O2. The van der Waals surface area contributed by atoms with Crippen LogP contribution < -0.4 is 10.2 Å². The van der Waals surface area contributed by atoms with Gasteiger partial charge in [0.25, 0.3) is 0 Å². The Morgan fingerprint density at radius 2 is 2.09 bits per heavy atom. The first kappa shape index (κ1) is 24.1. The van der Waals surface area contributed by atoms with Crippen molar-refractivity contribution in [3.05, 3.63) is 29.2 Å². The number of ether oxygens (including phenoxy) is 1. The predicted molar refractivity (Wildman–Crippen MR) is 131 cm³/mol. The van der Waals surface area contributed by atoms with Crippen LogP contribution >= 0.6 is 11.6 Å². The second kappa shape index (κ2) is 9.83. The van der Waals surface area contributed by atoms with Crippen molar-refractivity contribution in [2.24, 2.45) is 0 Å². The molecule has 8 nitrogen and oxygen atoms in total. The number of alkyl halides is 1. The molecule has 0 spiro atoms. The fraction of sp³-hybridized carbons (Fsp3) is 0.542. The highest BCUT2D eigenvalue weighted by Gasteiger charge is 2.29. The first-order chi connectivity index (χ1) is 16.8. The van der Waals surface area contributed by atoms with Crippen LogP contribution in [0.5, 0.6) is 0 Å². The minimum Gasteiger partial charge on any atom is -0.389 e. The summed E-state index contributed by atoms with van der Waals surface area (Å²) in [6.45, 7) is 5.59. The summed E-state index contributed by atoms with van der Waals surface area (Å²) < 4.78 is 36.6. The Labute approximate surface area is 207 Å². The van der Waals surface area contributed by atoms with E-state index in [1.807, 2.05) is 29.4 Å². The van der Waals surface area contributed by atoms with Crippen LogP contribution in [0.4, 0.5) is 20.7 Å². The zero-order valence-electron chi connectivity index (χ0n) is 19.7. The van der Waals surface area contributed by atoms with Gasteiger partial charge < -0.3 is 24.6 Å². The van der Waals surface area contributed by atoms with Crippen molar-refractivity contribution in [1.29, 1.82) is 0 Å². The van der Waals surface area contributed by atoms with Gasteiger partial charge in [0, 0.05) is 24.8 Å². The SMILES string of the molecule is CC(C)n1c(N2CC[C@@H](F)C2)nc2c(F)cc(-c3nc(NC4CCCOC[C@H]4O)ncc3Cl)cc21. The number of anilines is 2. The van der Waals surface area contributed by atoms with Gasteiger partial charge in [-0.05, 0) is 45.2 Å². The lowest BCUT2D eigenvalue weighted by atomic mass is 10.1. The Balaban J connectivity index is 1.54. The normalized spacial score (nSPS) is 23.3. The molecule has 0 aliphatic carbocycles. The Hall–Kier alpha value is -2.56. The molecule has 2 N–H and O–H groups in total. The Bertz CT molecular complexity index is 1220. The van der Waals surface area contributed by atoms with E-state index in [-0.39, 0.29) is 35.8 Å². The van der Waals surface area contributed by atoms with Crippen molar-refractivity contribution < 1.29 is 18.6 Å². The van der Waals surface area contributed by atoms with E-state index >= 15 is 4.39 Å². The number of hydrogen-bond acceptors (Lipinski definition) is 7. The van der Waals surface area contributed by atoms with Crippen molar-refractivity contribution in [1.82, 2.24) is 19.5 Å². The fourth-order valence-electron chi connectivity index (χ4n) is 4.80. The van der Waals surface area contributed by atoms with Crippen LogP contribution in [-0.4, -0.2) is 69.2 Å². The number of hydrogen-bond donors (Lipinski definition) is 2. The quantitative estimate of drug-likeness (QED) is 0.531. The fourth-order valence-corrected chi connectivity index (χ4v) is 5.00.